The Morgan fingerprint density at radius 1 is 0.931 bits per heavy atom. The van der Waals surface area contributed by atoms with Crippen LogP contribution < -0.4 is 4.74 Å². The molecule has 0 aromatic heterocycles. The van der Waals surface area contributed by atoms with Gasteiger partial charge >= 0.3 is 0 Å². The van der Waals surface area contributed by atoms with Crippen molar-refractivity contribution in [1.29, 1.82) is 0 Å². The van der Waals surface area contributed by atoms with Gasteiger partial charge in [-0.25, -0.2) is 0 Å². The van der Waals surface area contributed by atoms with Gasteiger partial charge in [-0.1, -0.05) is 29.8 Å². The maximum absolute atomic E-state index is 12.6. The summed E-state index contributed by atoms with van der Waals surface area (Å²) >= 11 is 0. The van der Waals surface area contributed by atoms with E-state index in [1.165, 1.54) is 5.56 Å². The number of carbonyl (C=O) groups is 2. The first kappa shape index (κ1) is 21.1. The van der Waals surface area contributed by atoms with Crippen molar-refractivity contribution in [1.82, 2.24) is 9.80 Å². The smallest absolute Gasteiger partial charge is 0.223 e. The molecule has 0 saturated carbocycles. The molecule has 0 atom stereocenters. The molecule has 0 radical (unpaired) electrons. The first-order valence-electron chi connectivity index (χ1n) is 10.2. The number of piperazine rings is 1. The van der Waals surface area contributed by atoms with Crippen molar-refractivity contribution in [2.24, 2.45) is 0 Å². The fraction of sp³-hybridized carbons (Fsp3) is 0.417. The Balaban J connectivity index is 1.44. The molecule has 3 rings (SSSR count). The Hall–Kier alpha value is -2.66. The Morgan fingerprint density at radius 2 is 1.62 bits per heavy atom. The van der Waals surface area contributed by atoms with E-state index < -0.39 is 0 Å². The van der Waals surface area contributed by atoms with E-state index in [9.17, 15) is 9.59 Å². The number of carbonyl (C=O) groups excluding carboxylic acids is 2. The number of nitrogens with zero attached hydrogens (tertiary/aromatic N) is 2. The molecule has 5 heteroatoms. The third-order valence-corrected chi connectivity index (χ3v) is 5.55. The summed E-state index contributed by atoms with van der Waals surface area (Å²) < 4.78 is 5.20. The predicted molar refractivity (Wildman–Crippen MR) is 114 cm³/mol. The molecule has 1 fully saturated rings. The predicted octanol–water partition coefficient (Wildman–Crippen LogP) is 3.62. The Labute approximate surface area is 173 Å². The summed E-state index contributed by atoms with van der Waals surface area (Å²) in [4.78, 5) is 29.3. The quantitative estimate of drug-likeness (QED) is 0.673. The summed E-state index contributed by atoms with van der Waals surface area (Å²) in [5.41, 5.74) is 4.02. The third-order valence-electron chi connectivity index (χ3n) is 5.55. The van der Waals surface area contributed by atoms with E-state index in [-0.39, 0.29) is 24.5 Å². The fourth-order valence-electron chi connectivity index (χ4n) is 3.69. The highest BCUT2D eigenvalue weighted by molar-refractivity contribution is 5.99. The van der Waals surface area contributed by atoms with E-state index >= 15 is 0 Å². The average molecular weight is 395 g/mol. The number of hydrogen-bond donors (Lipinski definition) is 0. The number of aryl methyl sites for hydroxylation is 2. The summed E-state index contributed by atoms with van der Waals surface area (Å²) in [7, 11) is 1.67. The third kappa shape index (κ3) is 5.67. The van der Waals surface area contributed by atoms with Gasteiger partial charge in [0.1, 0.15) is 5.75 Å². The molecule has 5 nitrogen and oxygen atoms in total. The van der Waals surface area contributed by atoms with E-state index in [0.717, 1.165) is 42.1 Å². The van der Waals surface area contributed by atoms with Gasteiger partial charge in [0, 0.05) is 51.1 Å². The van der Waals surface area contributed by atoms with Crippen LogP contribution in [0.25, 0.3) is 0 Å². The maximum atomic E-state index is 12.6. The second kappa shape index (κ2) is 9.70. The molecule has 1 heterocycles. The molecular weight excluding hydrogens is 364 g/mol. The zero-order valence-electron chi connectivity index (χ0n) is 17.6. The minimum absolute atomic E-state index is 0.0534. The van der Waals surface area contributed by atoms with E-state index in [1.807, 2.05) is 49.1 Å². The van der Waals surface area contributed by atoms with Gasteiger partial charge in [-0.3, -0.25) is 14.5 Å². The van der Waals surface area contributed by atoms with Gasteiger partial charge in [0.05, 0.1) is 7.11 Å². The molecule has 0 bridgehead atoms. The van der Waals surface area contributed by atoms with Crippen LogP contribution in [0.1, 0.15) is 39.9 Å². The standard InChI is InChI=1S/C24H30N2O3/c1-18-4-5-19(2)22(16-18)23(27)10-11-24(28)26-14-12-25(13-15-26)17-20-6-8-21(29-3)9-7-20/h4-9,16H,10-15,17H2,1-3H3. The zero-order valence-corrected chi connectivity index (χ0v) is 17.6. The van der Waals surface area contributed by atoms with Gasteiger partial charge < -0.3 is 9.64 Å². The van der Waals surface area contributed by atoms with Crippen LogP contribution in [0.3, 0.4) is 0 Å². The summed E-state index contributed by atoms with van der Waals surface area (Å²) in [6.45, 7) is 7.92. The lowest BCUT2D eigenvalue weighted by Gasteiger charge is -2.34. The molecule has 0 N–H and O–H groups in total. The van der Waals surface area contributed by atoms with Gasteiger partial charge in [-0.15, -0.1) is 0 Å². The SMILES string of the molecule is COc1ccc(CN2CCN(C(=O)CCC(=O)c3cc(C)ccc3C)CC2)cc1. The van der Waals surface area contributed by atoms with E-state index in [2.05, 4.69) is 17.0 Å². The normalized spacial score (nSPS) is 14.7. The van der Waals surface area contributed by atoms with Crippen LogP contribution >= 0.6 is 0 Å². The van der Waals surface area contributed by atoms with E-state index in [4.69, 9.17) is 4.74 Å². The second-order valence-electron chi connectivity index (χ2n) is 7.75. The maximum Gasteiger partial charge on any atom is 0.223 e. The van der Waals surface area contributed by atoms with Crippen molar-refractivity contribution in [2.75, 3.05) is 33.3 Å². The molecule has 1 amide bonds. The summed E-state index contributed by atoms with van der Waals surface area (Å²) in [5.74, 6) is 0.991. The molecule has 1 aliphatic heterocycles. The largest absolute Gasteiger partial charge is 0.497 e. The van der Waals surface area contributed by atoms with E-state index in [0.29, 0.717) is 13.1 Å². The molecule has 2 aromatic carbocycles. The number of ketones is 1. The molecule has 0 aliphatic carbocycles. The summed E-state index contributed by atoms with van der Waals surface area (Å²) in [6, 6.07) is 14.0. The molecule has 0 unspecified atom stereocenters. The lowest BCUT2D eigenvalue weighted by atomic mass is 9.99. The Kier molecular flexibility index (Phi) is 7.04. The molecule has 29 heavy (non-hydrogen) atoms. The minimum atomic E-state index is 0.0534. The highest BCUT2D eigenvalue weighted by atomic mass is 16.5. The number of ether oxygens (including phenoxy) is 1. The van der Waals surface area contributed by atoms with Crippen molar-refractivity contribution in [2.45, 2.75) is 33.2 Å². The first-order chi connectivity index (χ1) is 14.0. The second-order valence-corrected chi connectivity index (χ2v) is 7.75. The van der Waals surface area contributed by atoms with Crippen molar-refractivity contribution >= 4 is 11.7 Å². The molecular formula is C24H30N2O3. The number of benzene rings is 2. The van der Waals surface area contributed by atoms with Crippen LogP contribution in [-0.4, -0.2) is 54.8 Å². The lowest BCUT2D eigenvalue weighted by molar-refractivity contribution is -0.132. The Bertz CT molecular complexity index is 853. The van der Waals surface area contributed by atoms with Crippen LogP contribution in [0.2, 0.25) is 0 Å². The van der Waals surface area contributed by atoms with Gasteiger partial charge in [-0.2, -0.15) is 0 Å². The topological polar surface area (TPSA) is 49.9 Å². The molecule has 1 aliphatic rings. The van der Waals surface area contributed by atoms with Crippen molar-refractivity contribution < 1.29 is 14.3 Å². The highest BCUT2D eigenvalue weighted by Gasteiger charge is 2.22. The average Bonchev–Trinajstić information content (AvgIpc) is 2.74. The fourth-order valence-corrected chi connectivity index (χ4v) is 3.69. The molecule has 1 saturated heterocycles. The van der Waals surface area contributed by atoms with Crippen LogP contribution in [0, 0.1) is 13.8 Å². The van der Waals surface area contributed by atoms with Gasteiger partial charge in [0.15, 0.2) is 5.78 Å². The first-order valence-corrected chi connectivity index (χ1v) is 10.2. The molecule has 154 valence electrons. The molecule has 0 spiro atoms. The molecule has 2 aromatic rings. The van der Waals surface area contributed by atoms with Crippen molar-refractivity contribution in [3.63, 3.8) is 0 Å². The van der Waals surface area contributed by atoms with Crippen LogP contribution in [0.5, 0.6) is 5.75 Å². The highest BCUT2D eigenvalue weighted by Crippen LogP contribution is 2.16. The number of hydrogen-bond acceptors (Lipinski definition) is 4. The number of Topliss-reactive ketones (excluding diaryl/α,β-unsaturated/α-hetero) is 1. The van der Waals surface area contributed by atoms with Gasteiger partial charge in [0.25, 0.3) is 0 Å². The van der Waals surface area contributed by atoms with Crippen LogP contribution in [-0.2, 0) is 11.3 Å². The van der Waals surface area contributed by atoms with Crippen molar-refractivity contribution in [3.8, 4) is 5.75 Å². The summed E-state index contributed by atoms with van der Waals surface area (Å²) in [5, 5.41) is 0. The Morgan fingerprint density at radius 3 is 2.28 bits per heavy atom. The number of rotatable bonds is 7. The van der Waals surface area contributed by atoms with Crippen LogP contribution in [0.15, 0.2) is 42.5 Å². The number of amides is 1. The lowest BCUT2D eigenvalue weighted by Crippen LogP contribution is -2.48. The van der Waals surface area contributed by atoms with Gasteiger partial charge in [-0.05, 0) is 43.2 Å². The van der Waals surface area contributed by atoms with Crippen LogP contribution in [0.4, 0.5) is 0 Å². The van der Waals surface area contributed by atoms with E-state index in [1.54, 1.807) is 7.11 Å². The monoisotopic (exact) mass is 394 g/mol. The minimum Gasteiger partial charge on any atom is -0.497 e. The van der Waals surface area contributed by atoms with Crippen molar-refractivity contribution in [3.05, 3.63) is 64.7 Å². The zero-order chi connectivity index (χ0) is 20.8. The number of methoxy groups -OCH3 is 1. The summed E-state index contributed by atoms with van der Waals surface area (Å²) in [6.07, 6.45) is 0.555. The van der Waals surface area contributed by atoms with Gasteiger partial charge in [0.2, 0.25) is 5.91 Å².